The van der Waals surface area contributed by atoms with Crippen LogP contribution in [0.5, 0.6) is 0 Å². The predicted molar refractivity (Wildman–Crippen MR) is 65.3 cm³/mol. The summed E-state index contributed by atoms with van der Waals surface area (Å²) in [6.45, 7) is 0.303. The van der Waals surface area contributed by atoms with E-state index < -0.39 is 12.1 Å². The van der Waals surface area contributed by atoms with Crippen molar-refractivity contribution in [2.45, 2.75) is 12.5 Å². The fourth-order valence-electron chi connectivity index (χ4n) is 1.18. The zero-order valence-electron chi connectivity index (χ0n) is 8.94. The first-order chi connectivity index (χ1) is 7.63. The molecule has 5 heteroatoms. The summed E-state index contributed by atoms with van der Waals surface area (Å²) in [6, 6.07) is 7.57. The van der Waals surface area contributed by atoms with Crippen LogP contribution in [0.15, 0.2) is 28.7 Å². The minimum absolute atomic E-state index is 0.00600. The first-order valence-corrected chi connectivity index (χ1v) is 5.66. The third kappa shape index (κ3) is 4.20. The highest BCUT2D eigenvalue weighted by Gasteiger charge is 2.10. The first kappa shape index (κ1) is 13.0. The molecule has 0 aromatic heterocycles. The summed E-state index contributed by atoms with van der Waals surface area (Å²) in [5.41, 5.74) is 0.881. The van der Waals surface area contributed by atoms with Crippen molar-refractivity contribution in [3.8, 4) is 0 Å². The van der Waals surface area contributed by atoms with Gasteiger partial charge in [0.25, 0.3) is 0 Å². The van der Waals surface area contributed by atoms with E-state index in [9.17, 15) is 9.90 Å². The van der Waals surface area contributed by atoms with E-state index in [4.69, 9.17) is 0 Å². The van der Waals surface area contributed by atoms with Crippen LogP contribution in [-0.4, -0.2) is 30.8 Å². The minimum atomic E-state index is -0.750. The number of carbonyl (C=O) groups is 1. The Morgan fingerprint density at radius 1 is 1.56 bits per heavy atom. The fraction of sp³-hybridized carbons (Fsp3) is 0.364. The molecule has 0 aliphatic heterocycles. The van der Waals surface area contributed by atoms with Crippen LogP contribution in [0, 0.1) is 0 Å². The third-order valence-electron chi connectivity index (χ3n) is 2.03. The van der Waals surface area contributed by atoms with Crippen LogP contribution in [0.3, 0.4) is 0 Å². The molecular weight excluding hydrogens is 274 g/mol. The van der Waals surface area contributed by atoms with E-state index in [2.05, 4.69) is 26.0 Å². The van der Waals surface area contributed by atoms with Crippen LogP contribution in [-0.2, 0) is 9.53 Å². The highest BCUT2D eigenvalue weighted by molar-refractivity contribution is 9.10. The van der Waals surface area contributed by atoms with Crippen molar-refractivity contribution in [3.05, 3.63) is 28.7 Å². The Hall–Kier alpha value is -1.07. The maximum Gasteiger partial charge on any atom is 0.308 e. The fourth-order valence-corrected chi connectivity index (χ4v) is 1.61. The molecule has 4 nitrogen and oxygen atoms in total. The standard InChI is InChI=1S/C11H14BrNO3/c1-16-11(15)6-8(14)7-13-10-5-3-2-4-9(10)12/h2-5,8,13-14H,6-7H2,1H3. The van der Waals surface area contributed by atoms with E-state index in [1.54, 1.807) is 0 Å². The van der Waals surface area contributed by atoms with Gasteiger partial charge >= 0.3 is 5.97 Å². The maximum absolute atomic E-state index is 10.9. The molecule has 0 fully saturated rings. The van der Waals surface area contributed by atoms with Crippen molar-refractivity contribution >= 4 is 27.6 Å². The summed E-state index contributed by atoms with van der Waals surface area (Å²) < 4.78 is 5.38. The van der Waals surface area contributed by atoms with Crippen LogP contribution in [0.25, 0.3) is 0 Å². The number of nitrogens with one attached hydrogen (secondary N) is 1. The molecule has 1 atom stereocenters. The topological polar surface area (TPSA) is 58.6 Å². The molecule has 1 unspecified atom stereocenters. The lowest BCUT2D eigenvalue weighted by Crippen LogP contribution is -2.23. The number of para-hydroxylation sites is 1. The average Bonchev–Trinajstić information content (AvgIpc) is 2.28. The molecule has 0 amide bonds. The number of aliphatic hydroxyl groups is 1. The van der Waals surface area contributed by atoms with Crippen molar-refractivity contribution in [3.63, 3.8) is 0 Å². The highest BCUT2D eigenvalue weighted by Crippen LogP contribution is 2.20. The summed E-state index contributed by atoms with van der Waals surface area (Å²) in [4.78, 5) is 10.9. The van der Waals surface area contributed by atoms with E-state index in [0.29, 0.717) is 6.54 Å². The van der Waals surface area contributed by atoms with E-state index in [-0.39, 0.29) is 6.42 Å². The smallest absolute Gasteiger partial charge is 0.308 e. The number of halogens is 1. The van der Waals surface area contributed by atoms with Gasteiger partial charge in [0, 0.05) is 16.7 Å². The van der Waals surface area contributed by atoms with Gasteiger partial charge in [-0.15, -0.1) is 0 Å². The number of hydrogen-bond donors (Lipinski definition) is 2. The molecule has 0 saturated heterocycles. The van der Waals surface area contributed by atoms with Gasteiger partial charge in [-0.3, -0.25) is 4.79 Å². The number of ether oxygens (including phenoxy) is 1. The van der Waals surface area contributed by atoms with Gasteiger partial charge in [0.2, 0.25) is 0 Å². The van der Waals surface area contributed by atoms with Crippen LogP contribution in [0.2, 0.25) is 0 Å². The van der Waals surface area contributed by atoms with Gasteiger partial charge in [0.05, 0.1) is 19.6 Å². The Bertz CT molecular complexity index is 357. The molecule has 0 spiro atoms. The Kier molecular flexibility index (Phi) is 5.28. The van der Waals surface area contributed by atoms with Gasteiger partial charge in [-0.05, 0) is 28.1 Å². The molecule has 0 bridgehead atoms. The lowest BCUT2D eigenvalue weighted by molar-refractivity contribution is -0.142. The van der Waals surface area contributed by atoms with Gasteiger partial charge in [-0.25, -0.2) is 0 Å². The molecule has 1 aromatic carbocycles. The number of aliphatic hydroxyl groups excluding tert-OH is 1. The molecule has 0 radical (unpaired) electrons. The minimum Gasteiger partial charge on any atom is -0.469 e. The van der Waals surface area contributed by atoms with Crippen LogP contribution in [0.1, 0.15) is 6.42 Å². The second-order valence-electron chi connectivity index (χ2n) is 3.29. The molecule has 16 heavy (non-hydrogen) atoms. The molecule has 1 rings (SSSR count). The Labute approximate surface area is 103 Å². The number of hydrogen-bond acceptors (Lipinski definition) is 4. The van der Waals surface area contributed by atoms with Gasteiger partial charge in [-0.2, -0.15) is 0 Å². The van der Waals surface area contributed by atoms with E-state index >= 15 is 0 Å². The highest BCUT2D eigenvalue weighted by atomic mass is 79.9. The van der Waals surface area contributed by atoms with Crippen molar-refractivity contribution in [2.75, 3.05) is 19.0 Å². The quantitative estimate of drug-likeness (QED) is 0.811. The van der Waals surface area contributed by atoms with Crippen LogP contribution in [0.4, 0.5) is 5.69 Å². The maximum atomic E-state index is 10.9. The summed E-state index contributed by atoms with van der Waals surface area (Å²) in [7, 11) is 1.30. The second-order valence-corrected chi connectivity index (χ2v) is 4.15. The van der Waals surface area contributed by atoms with Gasteiger partial charge in [0.1, 0.15) is 0 Å². The molecule has 1 aromatic rings. The molecule has 0 aliphatic rings. The summed E-state index contributed by atoms with van der Waals surface area (Å²) in [5, 5.41) is 12.6. The van der Waals surface area contributed by atoms with Crippen LogP contribution >= 0.6 is 15.9 Å². The van der Waals surface area contributed by atoms with Gasteiger partial charge in [0.15, 0.2) is 0 Å². The zero-order valence-corrected chi connectivity index (χ0v) is 10.5. The van der Waals surface area contributed by atoms with Crippen molar-refractivity contribution < 1.29 is 14.6 Å². The average molecular weight is 288 g/mol. The predicted octanol–water partition coefficient (Wildman–Crippen LogP) is 1.78. The lowest BCUT2D eigenvalue weighted by atomic mass is 10.2. The Morgan fingerprint density at radius 2 is 2.25 bits per heavy atom. The van der Waals surface area contributed by atoms with Gasteiger partial charge < -0.3 is 15.2 Å². The molecular formula is C11H14BrNO3. The SMILES string of the molecule is COC(=O)CC(O)CNc1ccccc1Br. The Morgan fingerprint density at radius 3 is 2.88 bits per heavy atom. The number of methoxy groups -OCH3 is 1. The normalized spacial score (nSPS) is 11.9. The van der Waals surface area contributed by atoms with Crippen molar-refractivity contribution in [1.82, 2.24) is 0 Å². The number of esters is 1. The van der Waals surface area contributed by atoms with Gasteiger partial charge in [-0.1, -0.05) is 12.1 Å². The summed E-state index contributed by atoms with van der Waals surface area (Å²) in [5.74, 6) is -0.415. The molecule has 0 aliphatic carbocycles. The molecule has 88 valence electrons. The summed E-state index contributed by atoms with van der Waals surface area (Å²) in [6.07, 6.45) is -0.756. The monoisotopic (exact) mass is 287 g/mol. The summed E-state index contributed by atoms with van der Waals surface area (Å²) >= 11 is 3.38. The molecule has 0 saturated carbocycles. The number of rotatable bonds is 5. The largest absolute Gasteiger partial charge is 0.469 e. The van der Waals surface area contributed by atoms with Crippen molar-refractivity contribution in [1.29, 1.82) is 0 Å². The number of anilines is 1. The number of carbonyl (C=O) groups excluding carboxylic acids is 1. The van der Waals surface area contributed by atoms with Crippen molar-refractivity contribution in [2.24, 2.45) is 0 Å². The third-order valence-corrected chi connectivity index (χ3v) is 2.72. The Balaban J connectivity index is 2.40. The lowest BCUT2D eigenvalue weighted by Gasteiger charge is -2.12. The van der Waals surface area contributed by atoms with E-state index in [1.807, 2.05) is 24.3 Å². The van der Waals surface area contributed by atoms with Crippen LogP contribution < -0.4 is 5.32 Å². The second kappa shape index (κ2) is 6.50. The number of benzene rings is 1. The van der Waals surface area contributed by atoms with E-state index in [1.165, 1.54) is 7.11 Å². The molecule has 0 heterocycles. The van der Waals surface area contributed by atoms with E-state index in [0.717, 1.165) is 10.2 Å². The zero-order chi connectivity index (χ0) is 12.0. The molecule has 2 N–H and O–H groups in total. The first-order valence-electron chi connectivity index (χ1n) is 4.86.